The fraction of sp³-hybridized carbons (Fsp3) is 0.0769. The Morgan fingerprint density at radius 2 is 1.50 bits per heavy atom. The minimum absolute atomic E-state index is 0.272. The van der Waals surface area contributed by atoms with Gasteiger partial charge in [0.15, 0.2) is 0 Å². The maximum absolute atomic E-state index is 13.0. The molecule has 2 aromatic rings. The average molecular weight is 220 g/mol. The number of rotatable bonds is 2. The summed E-state index contributed by atoms with van der Waals surface area (Å²) < 4.78 is 31.1. The van der Waals surface area contributed by atoms with E-state index < -0.39 is 0 Å². The number of aryl methyl sites for hydroxylation is 1. The van der Waals surface area contributed by atoms with Crippen LogP contribution in [0.2, 0.25) is 0 Å². The van der Waals surface area contributed by atoms with Crippen LogP contribution >= 0.6 is 0 Å². The molecule has 0 saturated heterocycles. The van der Waals surface area contributed by atoms with E-state index in [1.54, 1.807) is 13.0 Å². The second-order valence-electron chi connectivity index (χ2n) is 3.47. The van der Waals surface area contributed by atoms with Gasteiger partial charge in [0, 0.05) is 0 Å². The number of hydrogen-bond donors (Lipinski definition) is 0. The first kappa shape index (κ1) is 10.6. The molecule has 0 radical (unpaired) electrons. The summed E-state index contributed by atoms with van der Waals surface area (Å²) in [6, 6.07) is 10.1. The lowest BCUT2D eigenvalue weighted by atomic mass is 10.2. The summed E-state index contributed by atoms with van der Waals surface area (Å²) in [6.07, 6.45) is 0. The fourth-order valence-corrected chi connectivity index (χ4v) is 1.32. The quantitative estimate of drug-likeness (QED) is 0.741. The molecule has 82 valence electrons. The second kappa shape index (κ2) is 4.31. The van der Waals surface area contributed by atoms with Gasteiger partial charge in [-0.25, -0.2) is 8.78 Å². The topological polar surface area (TPSA) is 9.23 Å². The third-order valence-electron chi connectivity index (χ3n) is 2.18. The van der Waals surface area contributed by atoms with Gasteiger partial charge in [-0.05, 0) is 55.0 Å². The number of ether oxygens (including phenoxy) is 1. The molecule has 1 nitrogen and oxygen atoms in total. The van der Waals surface area contributed by atoms with E-state index in [-0.39, 0.29) is 11.6 Å². The van der Waals surface area contributed by atoms with E-state index in [1.165, 1.54) is 36.4 Å². The Labute approximate surface area is 92.3 Å². The molecule has 0 amide bonds. The van der Waals surface area contributed by atoms with Gasteiger partial charge in [0.1, 0.15) is 23.1 Å². The van der Waals surface area contributed by atoms with Crippen molar-refractivity contribution < 1.29 is 13.5 Å². The second-order valence-corrected chi connectivity index (χ2v) is 3.47. The molecule has 0 aliphatic carbocycles. The van der Waals surface area contributed by atoms with Gasteiger partial charge in [0.2, 0.25) is 0 Å². The van der Waals surface area contributed by atoms with Crippen molar-refractivity contribution in [3.8, 4) is 11.5 Å². The van der Waals surface area contributed by atoms with Crippen molar-refractivity contribution >= 4 is 0 Å². The number of benzene rings is 2. The van der Waals surface area contributed by atoms with Gasteiger partial charge < -0.3 is 4.74 Å². The SMILES string of the molecule is Cc1cc(Oc2ccc(F)cc2)ccc1F. The zero-order valence-corrected chi connectivity index (χ0v) is 8.71. The summed E-state index contributed by atoms with van der Waals surface area (Å²) in [5.74, 6) is 0.465. The van der Waals surface area contributed by atoms with Crippen molar-refractivity contribution in [1.82, 2.24) is 0 Å². The molecule has 0 saturated carbocycles. The lowest BCUT2D eigenvalue weighted by Gasteiger charge is -2.06. The Bertz CT molecular complexity index is 492. The van der Waals surface area contributed by atoms with Crippen LogP contribution < -0.4 is 4.74 Å². The smallest absolute Gasteiger partial charge is 0.127 e. The summed E-state index contributed by atoms with van der Waals surface area (Å²) in [5, 5.41) is 0. The molecule has 0 atom stereocenters. The molecule has 2 rings (SSSR count). The van der Waals surface area contributed by atoms with Gasteiger partial charge in [0.25, 0.3) is 0 Å². The molecule has 16 heavy (non-hydrogen) atoms. The summed E-state index contributed by atoms with van der Waals surface area (Å²) in [6.45, 7) is 1.66. The van der Waals surface area contributed by atoms with Crippen LogP contribution in [-0.2, 0) is 0 Å². The maximum Gasteiger partial charge on any atom is 0.127 e. The fourth-order valence-electron chi connectivity index (χ4n) is 1.32. The largest absolute Gasteiger partial charge is 0.457 e. The van der Waals surface area contributed by atoms with Crippen LogP contribution in [0.15, 0.2) is 42.5 Å². The van der Waals surface area contributed by atoms with Gasteiger partial charge in [-0.15, -0.1) is 0 Å². The molecule has 0 unspecified atom stereocenters. The minimum Gasteiger partial charge on any atom is -0.457 e. The van der Waals surface area contributed by atoms with Gasteiger partial charge in [-0.2, -0.15) is 0 Å². The van der Waals surface area contributed by atoms with Crippen LogP contribution in [0.1, 0.15) is 5.56 Å². The highest BCUT2D eigenvalue weighted by atomic mass is 19.1. The van der Waals surface area contributed by atoms with E-state index in [2.05, 4.69) is 0 Å². The molecule has 0 N–H and O–H groups in total. The van der Waals surface area contributed by atoms with Crippen LogP contribution in [0.4, 0.5) is 8.78 Å². The van der Waals surface area contributed by atoms with E-state index in [0.717, 1.165) is 0 Å². The number of hydrogen-bond acceptors (Lipinski definition) is 1. The Hall–Kier alpha value is -1.90. The molecular weight excluding hydrogens is 210 g/mol. The predicted octanol–water partition coefficient (Wildman–Crippen LogP) is 4.07. The Morgan fingerprint density at radius 3 is 2.12 bits per heavy atom. The molecule has 0 bridgehead atoms. The van der Waals surface area contributed by atoms with Crippen LogP contribution in [0, 0.1) is 18.6 Å². The predicted molar refractivity (Wildman–Crippen MR) is 57.6 cm³/mol. The monoisotopic (exact) mass is 220 g/mol. The summed E-state index contributed by atoms with van der Waals surface area (Å²) in [5.41, 5.74) is 0.514. The van der Waals surface area contributed by atoms with Crippen LogP contribution in [-0.4, -0.2) is 0 Å². The Kier molecular flexibility index (Phi) is 2.86. The molecule has 0 heterocycles. The van der Waals surface area contributed by atoms with Crippen molar-refractivity contribution in [1.29, 1.82) is 0 Å². The third kappa shape index (κ3) is 2.37. The van der Waals surface area contributed by atoms with Gasteiger partial charge in [0.05, 0.1) is 0 Å². The van der Waals surface area contributed by atoms with E-state index in [4.69, 9.17) is 4.74 Å². The van der Waals surface area contributed by atoms with Crippen LogP contribution in [0.25, 0.3) is 0 Å². The van der Waals surface area contributed by atoms with E-state index in [1.807, 2.05) is 0 Å². The summed E-state index contributed by atoms with van der Waals surface area (Å²) >= 11 is 0. The highest BCUT2D eigenvalue weighted by Crippen LogP contribution is 2.23. The first-order valence-electron chi connectivity index (χ1n) is 4.85. The van der Waals surface area contributed by atoms with Crippen molar-refractivity contribution in [2.24, 2.45) is 0 Å². The van der Waals surface area contributed by atoms with Crippen LogP contribution in [0.5, 0.6) is 11.5 Å². The minimum atomic E-state index is -0.317. The Balaban J connectivity index is 2.20. The van der Waals surface area contributed by atoms with Crippen molar-refractivity contribution in [3.63, 3.8) is 0 Å². The first-order chi connectivity index (χ1) is 7.65. The molecule has 0 aromatic heterocycles. The third-order valence-corrected chi connectivity index (χ3v) is 2.18. The zero-order chi connectivity index (χ0) is 11.5. The molecule has 0 aliphatic heterocycles. The normalized spacial score (nSPS) is 10.2. The lowest BCUT2D eigenvalue weighted by Crippen LogP contribution is -1.87. The highest BCUT2D eigenvalue weighted by molar-refractivity contribution is 5.34. The maximum atomic E-state index is 13.0. The van der Waals surface area contributed by atoms with Gasteiger partial charge in [-0.1, -0.05) is 0 Å². The van der Waals surface area contributed by atoms with E-state index in [0.29, 0.717) is 17.1 Å². The first-order valence-corrected chi connectivity index (χ1v) is 4.85. The number of halogens is 2. The van der Waals surface area contributed by atoms with E-state index in [9.17, 15) is 8.78 Å². The van der Waals surface area contributed by atoms with Crippen molar-refractivity contribution in [3.05, 3.63) is 59.7 Å². The molecule has 3 heteroatoms. The van der Waals surface area contributed by atoms with Crippen LogP contribution in [0.3, 0.4) is 0 Å². The summed E-state index contributed by atoms with van der Waals surface area (Å²) in [4.78, 5) is 0. The molecule has 0 aliphatic rings. The zero-order valence-electron chi connectivity index (χ0n) is 8.71. The molecule has 2 aromatic carbocycles. The van der Waals surface area contributed by atoms with Gasteiger partial charge in [-0.3, -0.25) is 0 Å². The van der Waals surface area contributed by atoms with Crippen molar-refractivity contribution in [2.45, 2.75) is 6.92 Å². The summed E-state index contributed by atoms with van der Waals surface area (Å²) in [7, 11) is 0. The standard InChI is InChI=1S/C13H10F2O/c1-9-8-12(6-7-13(9)15)16-11-4-2-10(14)3-5-11/h2-8H,1H3. The lowest BCUT2D eigenvalue weighted by molar-refractivity contribution is 0.477. The van der Waals surface area contributed by atoms with Gasteiger partial charge >= 0.3 is 0 Å². The van der Waals surface area contributed by atoms with Crippen molar-refractivity contribution in [2.75, 3.05) is 0 Å². The average Bonchev–Trinajstić information content (AvgIpc) is 2.27. The molecule has 0 spiro atoms. The van der Waals surface area contributed by atoms with E-state index >= 15 is 0 Å². The molecule has 0 fully saturated rings. The highest BCUT2D eigenvalue weighted by Gasteiger charge is 2.01. The Morgan fingerprint density at radius 1 is 0.875 bits per heavy atom. The molecular formula is C13H10F2O.